The van der Waals surface area contributed by atoms with Crippen LogP contribution in [0.3, 0.4) is 0 Å². The van der Waals surface area contributed by atoms with E-state index in [0.29, 0.717) is 5.41 Å². The van der Waals surface area contributed by atoms with Gasteiger partial charge in [-0.05, 0) is 43.4 Å². The maximum Gasteiger partial charge on any atom is 0.0829 e. The summed E-state index contributed by atoms with van der Waals surface area (Å²) >= 11 is 0. The van der Waals surface area contributed by atoms with Gasteiger partial charge >= 0.3 is 0 Å². The first kappa shape index (κ1) is 18.0. The van der Waals surface area contributed by atoms with Crippen LogP contribution in [0.2, 0.25) is 0 Å². The average Bonchev–Trinajstić information content (AvgIpc) is 2.43. The monoisotopic (exact) mass is 283 g/mol. The molecule has 0 aromatic heterocycles. The molecule has 0 aliphatic heterocycles. The first-order chi connectivity index (χ1) is 9.39. The van der Waals surface area contributed by atoms with Crippen molar-refractivity contribution in [2.75, 3.05) is 7.11 Å². The van der Waals surface area contributed by atoms with Gasteiger partial charge in [-0.1, -0.05) is 53.4 Å². The molecule has 0 aromatic carbocycles. The fraction of sp³-hybridized carbons (Fsp3) is 1.00. The summed E-state index contributed by atoms with van der Waals surface area (Å²) in [6.45, 7) is 9.31. The number of hydrogen-bond acceptors (Lipinski definition) is 2. The zero-order valence-electron chi connectivity index (χ0n) is 14.5. The Morgan fingerprint density at radius 2 is 1.70 bits per heavy atom. The minimum atomic E-state index is -0.0604. The predicted octanol–water partition coefficient (Wildman–Crippen LogP) is 4.91. The Labute approximate surface area is 126 Å². The molecule has 0 saturated heterocycles. The van der Waals surface area contributed by atoms with Crippen molar-refractivity contribution in [1.29, 1.82) is 0 Å². The van der Waals surface area contributed by atoms with Crippen molar-refractivity contribution in [3.63, 3.8) is 0 Å². The van der Waals surface area contributed by atoms with E-state index in [4.69, 9.17) is 10.5 Å². The number of nitrogens with two attached hydrogens (primary N) is 1. The van der Waals surface area contributed by atoms with Gasteiger partial charge in [-0.15, -0.1) is 0 Å². The Hall–Kier alpha value is -0.0800. The molecule has 0 aromatic rings. The molecule has 20 heavy (non-hydrogen) atoms. The van der Waals surface area contributed by atoms with Crippen LogP contribution in [0.4, 0.5) is 0 Å². The summed E-state index contributed by atoms with van der Waals surface area (Å²) in [4.78, 5) is 0. The summed E-state index contributed by atoms with van der Waals surface area (Å²) in [6, 6.07) is 0.199. The SMILES string of the molecule is CCCCC(CC)CC(N)C1(OC)CCC(C)(C)CC1. The standard InChI is InChI=1S/C18H37NO/c1-6-8-9-15(7-2)14-16(19)18(20-5)12-10-17(3,4)11-13-18/h15-16H,6-14,19H2,1-5H3. The molecule has 2 N–H and O–H groups in total. The smallest absolute Gasteiger partial charge is 0.0829 e. The maximum absolute atomic E-state index is 6.61. The van der Waals surface area contributed by atoms with Crippen molar-refractivity contribution >= 4 is 0 Å². The van der Waals surface area contributed by atoms with Crippen molar-refractivity contribution in [1.82, 2.24) is 0 Å². The molecule has 2 atom stereocenters. The van der Waals surface area contributed by atoms with Gasteiger partial charge in [0.15, 0.2) is 0 Å². The third-order valence-corrected chi connectivity index (χ3v) is 5.66. The zero-order valence-corrected chi connectivity index (χ0v) is 14.5. The van der Waals surface area contributed by atoms with Crippen molar-refractivity contribution < 1.29 is 4.74 Å². The second-order valence-corrected chi connectivity index (χ2v) is 7.69. The van der Waals surface area contributed by atoms with E-state index in [9.17, 15) is 0 Å². The number of rotatable bonds is 8. The first-order valence-electron chi connectivity index (χ1n) is 8.70. The largest absolute Gasteiger partial charge is 0.377 e. The van der Waals surface area contributed by atoms with Crippen LogP contribution in [0.15, 0.2) is 0 Å². The fourth-order valence-corrected chi connectivity index (χ4v) is 3.63. The Morgan fingerprint density at radius 1 is 1.10 bits per heavy atom. The van der Waals surface area contributed by atoms with Gasteiger partial charge in [0.1, 0.15) is 0 Å². The quantitative estimate of drug-likeness (QED) is 0.687. The zero-order chi connectivity index (χ0) is 15.2. The number of ether oxygens (including phenoxy) is 1. The highest BCUT2D eigenvalue weighted by Gasteiger charge is 2.43. The highest BCUT2D eigenvalue weighted by atomic mass is 16.5. The van der Waals surface area contributed by atoms with E-state index in [2.05, 4.69) is 27.7 Å². The molecule has 1 aliphatic rings. The van der Waals surface area contributed by atoms with E-state index in [0.717, 1.165) is 25.2 Å². The van der Waals surface area contributed by atoms with E-state index in [-0.39, 0.29) is 11.6 Å². The van der Waals surface area contributed by atoms with Crippen LogP contribution in [0, 0.1) is 11.3 Å². The van der Waals surface area contributed by atoms with Crippen LogP contribution < -0.4 is 5.73 Å². The molecule has 1 fully saturated rings. The lowest BCUT2D eigenvalue weighted by atomic mass is 9.67. The third-order valence-electron chi connectivity index (χ3n) is 5.66. The van der Waals surface area contributed by atoms with Crippen molar-refractivity contribution in [2.24, 2.45) is 17.1 Å². The minimum Gasteiger partial charge on any atom is -0.377 e. The van der Waals surface area contributed by atoms with Crippen LogP contribution in [-0.2, 0) is 4.74 Å². The topological polar surface area (TPSA) is 35.2 Å². The van der Waals surface area contributed by atoms with Gasteiger partial charge in [-0.2, -0.15) is 0 Å². The molecule has 2 heteroatoms. The second kappa shape index (κ2) is 7.79. The Morgan fingerprint density at radius 3 is 2.15 bits per heavy atom. The summed E-state index contributed by atoms with van der Waals surface area (Å²) in [5.41, 5.74) is 7.01. The minimum absolute atomic E-state index is 0.0604. The number of hydrogen-bond donors (Lipinski definition) is 1. The Kier molecular flexibility index (Phi) is 7.00. The molecule has 0 bridgehead atoms. The Balaban J connectivity index is 2.60. The Bertz CT molecular complexity index is 265. The molecule has 2 nitrogen and oxygen atoms in total. The number of methoxy groups -OCH3 is 1. The highest BCUT2D eigenvalue weighted by Crippen LogP contribution is 2.44. The van der Waals surface area contributed by atoms with Crippen molar-refractivity contribution in [3.05, 3.63) is 0 Å². The molecule has 2 unspecified atom stereocenters. The van der Waals surface area contributed by atoms with E-state index < -0.39 is 0 Å². The molecule has 1 rings (SSSR count). The van der Waals surface area contributed by atoms with Crippen LogP contribution in [-0.4, -0.2) is 18.8 Å². The van der Waals surface area contributed by atoms with E-state index in [1.807, 2.05) is 7.11 Å². The van der Waals surface area contributed by atoms with Crippen LogP contribution >= 0.6 is 0 Å². The predicted molar refractivity (Wildman–Crippen MR) is 87.9 cm³/mol. The summed E-state index contributed by atoms with van der Waals surface area (Å²) in [6.07, 6.45) is 11.0. The first-order valence-corrected chi connectivity index (χ1v) is 8.70. The van der Waals surface area contributed by atoms with E-state index in [1.54, 1.807) is 0 Å². The third kappa shape index (κ3) is 4.73. The van der Waals surface area contributed by atoms with Gasteiger partial charge in [-0.3, -0.25) is 0 Å². The van der Waals surface area contributed by atoms with Crippen LogP contribution in [0.5, 0.6) is 0 Å². The molecule has 0 heterocycles. The second-order valence-electron chi connectivity index (χ2n) is 7.69. The van der Waals surface area contributed by atoms with Gasteiger partial charge < -0.3 is 10.5 Å². The fourth-order valence-electron chi connectivity index (χ4n) is 3.63. The van der Waals surface area contributed by atoms with E-state index >= 15 is 0 Å². The van der Waals surface area contributed by atoms with Gasteiger partial charge in [0.25, 0.3) is 0 Å². The number of unbranched alkanes of at least 4 members (excludes halogenated alkanes) is 1. The lowest BCUT2D eigenvalue weighted by Crippen LogP contribution is -2.53. The molecule has 1 saturated carbocycles. The van der Waals surface area contributed by atoms with E-state index in [1.165, 1.54) is 38.5 Å². The van der Waals surface area contributed by atoms with Crippen molar-refractivity contribution in [3.8, 4) is 0 Å². The normalized spacial score (nSPS) is 24.3. The van der Waals surface area contributed by atoms with Crippen molar-refractivity contribution in [2.45, 2.75) is 97.1 Å². The molecule has 0 spiro atoms. The van der Waals surface area contributed by atoms with Gasteiger partial charge in [0.05, 0.1) is 5.60 Å². The summed E-state index contributed by atoms with van der Waals surface area (Å²) < 4.78 is 5.96. The lowest BCUT2D eigenvalue weighted by Gasteiger charge is -2.46. The molecule has 1 aliphatic carbocycles. The summed E-state index contributed by atoms with van der Waals surface area (Å²) in [7, 11) is 1.87. The summed E-state index contributed by atoms with van der Waals surface area (Å²) in [5, 5.41) is 0. The maximum atomic E-state index is 6.61. The highest BCUT2D eigenvalue weighted by molar-refractivity contribution is 4.97. The molecular weight excluding hydrogens is 246 g/mol. The summed E-state index contributed by atoms with van der Waals surface area (Å²) in [5.74, 6) is 0.770. The van der Waals surface area contributed by atoms with Gasteiger partial charge in [0.2, 0.25) is 0 Å². The molecule has 120 valence electrons. The molecule has 0 radical (unpaired) electrons. The van der Waals surface area contributed by atoms with Gasteiger partial charge in [0, 0.05) is 13.2 Å². The molecule has 0 amide bonds. The average molecular weight is 284 g/mol. The van der Waals surface area contributed by atoms with Gasteiger partial charge in [-0.25, -0.2) is 0 Å². The van der Waals surface area contributed by atoms with Crippen LogP contribution in [0.1, 0.15) is 85.5 Å². The van der Waals surface area contributed by atoms with Crippen LogP contribution in [0.25, 0.3) is 0 Å². The lowest BCUT2D eigenvalue weighted by molar-refractivity contribution is -0.0826. The molecular formula is C18H37NO.